The molecule has 172 valence electrons. The fraction of sp³-hybridized carbons (Fsp3) is 0.333. The molecule has 0 radical (unpaired) electrons. The molecule has 3 aromatic heterocycles. The summed E-state index contributed by atoms with van der Waals surface area (Å²) in [5.41, 5.74) is 7.85. The second-order valence-corrected chi connectivity index (χ2v) is 11.4. The summed E-state index contributed by atoms with van der Waals surface area (Å²) in [6.07, 6.45) is 10.3. The van der Waals surface area contributed by atoms with E-state index in [0.717, 1.165) is 29.0 Å². The first-order chi connectivity index (χ1) is 15.5. The number of aryl methyl sites for hydroxylation is 1. The Morgan fingerprint density at radius 2 is 1.66 bits per heavy atom. The van der Waals surface area contributed by atoms with E-state index < -0.39 is 5.97 Å². The fourth-order valence-corrected chi connectivity index (χ4v) is 5.60. The number of rotatable bonds is 9. The molecule has 0 spiro atoms. The minimum absolute atomic E-state index is 0.208. The number of carbonyl (C=O) groups is 1. The average molecular weight is 697 g/mol. The number of nitrogens with zero attached hydrogens (tertiary/aromatic N) is 4. The van der Waals surface area contributed by atoms with E-state index in [1.807, 2.05) is 30.6 Å². The molecule has 0 saturated carbocycles. The minimum atomic E-state index is -0.758. The Balaban J connectivity index is 0.000000265. The molecule has 0 aliphatic carbocycles. The summed E-state index contributed by atoms with van der Waals surface area (Å²) in [6.45, 7) is 0.606. The van der Waals surface area contributed by atoms with Gasteiger partial charge in [-0.3, -0.25) is 4.79 Å². The van der Waals surface area contributed by atoms with E-state index in [9.17, 15) is 4.79 Å². The zero-order valence-corrected chi connectivity index (χ0v) is 24.0. The monoisotopic (exact) mass is 697 g/mol. The van der Waals surface area contributed by atoms with Gasteiger partial charge in [0, 0.05) is 5.33 Å². The molecule has 3 heterocycles. The van der Waals surface area contributed by atoms with Gasteiger partial charge in [-0.05, 0) is 0 Å². The molecule has 0 bridgehead atoms. The van der Waals surface area contributed by atoms with Crippen LogP contribution >= 0.6 is 31.9 Å². The van der Waals surface area contributed by atoms with E-state index in [-0.39, 0.29) is 6.42 Å². The number of aromatic nitrogens is 4. The number of nitrogens with two attached hydrogens (primary N) is 1. The second-order valence-electron chi connectivity index (χ2n) is 6.18. The third-order valence-electron chi connectivity index (χ3n) is 3.56. The summed E-state index contributed by atoms with van der Waals surface area (Å²) in [4.78, 5) is 17.7. The van der Waals surface area contributed by atoms with Gasteiger partial charge in [0.15, 0.2) is 0 Å². The molecule has 0 aliphatic heterocycles. The standard InChI is InChI=1S/C10H10BrN3Se.C8H10N2Se.C3H5BrO2/c11-4-3-9-13-14-10(15-9)6-8-2-1-5-12-7-8;9-5-8(11)4-7-2-1-3-10-6-7;4-2-1-3(5)6/h1-2,5,7H,3-4,6H2;1-3,6H,4-5,9H2;1-2H2,(H,5,6). The van der Waals surface area contributed by atoms with Crippen molar-refractivity contribution in [2.45, 2.75) is 25.7 Å². The first-order valence-electron chi connectivity index (χ1n) is 9.63. The molecule has 32 heavy (non-hydrogen) atoms. The van der Waals surface area contributed by atoms with Crippen LogP contribution in [0.3, 0.4) is 0 Å². The Morgan fingerprint density at radius 1 is 1.03 bits per heavy atom. The van der Waals surface area contributed by atoms with Crippen molar-refractivity contribution in [1.29, 1.82) is 0 Å². The first kappa shape index (κ1) is 29.0. The molecule has 0 fully saturated rings. The molecule has 3 N–H and O–H groups in total. The van der Waals surface area contributed by atoms with Crippen molar-refractivity contribution in [3.05, 3.63) is 69.3 Å². The van der Waals surface area contributed by atoms with Crippen molar-refractivity contribution >= 4 is 72.3 Å². The average Bonchev–Trinajstić information content (AvgIpc) is 3.23. The van der Waals surface area contributed by atoms with Gasteiger partial charge in [-0.1, -0.05) is 15.9 Å². The van der Waals surface area contributed by atoms with Crippen LogP contribution in [0.1, 0.15) is 26.7 Å². The topological polar surface area (TPSA) is 115 Å². The van der Waals surface area contributed by atoms with Crippen molar-refractivity contribution < 1.29 is 9.90 Å². The molecule has 0 atom stereocenters. The summed E-state index contributed by atoms with van der Waals surface area (Å²) in [5, 5.41) is 17.8. The Labute approximate surface area is 219 Å². The maximum atomic E-state index is 9.57. The molecule has 0 aliphatic rings. The van der Waals surface area contributed by atoms with Gasteiger partial charge < -0.3 is 5.11 Å². The summed E-state index contributed by atoms with van der Waals surface area (Å²) in [6, 6.07) is 8.01. The normalized spacial score (nSPS) is 9.72. The fourth-order valence-electron chi connectivity index (χ4n) is 2.10. The van der Waals surface area contributed by atoms with Crippen LogP contribution in [-0.4, -0.2) is 82.9 Å². The molecule has 7 nitrogen and oxygen atoms in total. The van der Waals surface area contributed by atoms with Gasteiger partial charge in [0.2, 0.25) is 0 Å². The van der Waals surface area contributed by atoms with E-state index in [0.29, 0.717) is 26.4 Å². The summed E-state index contributed by atoms with van der Waals surface area (Å²) >= 11 is 9.67. The van der Waals surface area contributed by atoms with Gasteiger partial charge in [0.05, 0.1) is 6.42 Å². The van der Waals surface area contributed by atoms with Crippen LogP contribution in [0.15, 0.2) is 49.1 Å². The molecule has 3 rings (SSSR count). The predicted molar refractivity (Wildman–Crippen MR) is 137 cm³/mol. The van der Waals surface area contributed by atoms with Gasteiger partial charge in [0.25, 0.3) is 0 Å². The number of halogens is 2. The third-order valence-corrected chi connectivity index (χ3v) is 7.06. The first-order valence-corrected chi connectivity index (χ1v) is 14.4. The predicted octanol–water partition coefficient (Wildman–Crippen LogP) is 2.24. The summed E-state index contributed by atoms with van der Waals surface area (Å²) in [7, 11) is 0. The van der Waals surface area contributed by atoms with Gasteiger partial charge in [-0.2, -0.15) is 0 Å². The van der Waals surface area contributed by atoms with Crippen LogP contribution in [-0.2, 0) is 24.1 Å². The van der Waals surface area contributed by atoms with Crippen LogP contribution in [0.25, 0.3) is 0 Å². The molecular formula is C21H25Br2N5O2Se2. The molecule has 0 aromatic carbocycles. The number of aliphatic carboxylic acids is 1. The summed E-state index contributed by atoms with van der Waals surface area (Å²) < 4.78 is 3.60. The van der Waals surface area contributed by atoms with E-state index >= 15 is 0 Å². The van der Waals surface area contributed by atoms with E-state index in [2.05, 4.69) is 73.7 Å². The number of carboxylic acids is 1. The smallest absolute Gasteiger partial charge is 0.304 e. The molecule has 0 amide bonds. The van der Waals surface area contributed by atoms with Crippen LogP contribution < -0.4 is 5.73 Å². The zero-order valence-electron chi connectivity index (χ0n) is 17.4. The molecule has 11 heteroatoms. The Bertz CT molecular complexity index is 915. The SMILES string of the molecule is BrCCc1nnc(Cc2cccnc2)[se]1.NCC(=[Se])Cc1cccnc1.O=C(O)CCBr. The largest absolute Gasteiger partial charge is 0.481 e. The Kier molecular flexibility index (Phi) is 16.6. The third kappa shape index (κ3) is 14.2. The van der Waals surface area contributed by atoms with Crippen molar-refractivity contribution in [3.8, 4) is 0 Å². The van der Waals surface area contributed by atoms with Gasteiger partial charge in [-0.25, -0.2) is 0 Å². The van der Waals surface area contributed by atoms with Crippen molar-refractivity contribution in [2.75, 3.05) is 17.2 Å². The Hall–Kier alpha value is -1.06. The maximum absolute atomic E-state index is 9.57. The van der Waals surface area contributed by atoms with Crippen molar-refractivity contribution in [3.63, 3.8) is 0 Å². The van der Waals surface area contributed by atoms with E-state index in [1.54, 1.807) is 12.4 Å². The number of pyridine rings is 2. The quantitative estimate of drug-likeness (QED) is 0.261. The number of hydrogen-bond donors (Lipinski definition) is 2. The van der Waals surface area contributed by atoms with Gasteiger partial charge >= 0.3 is 183 Å². The van der Waals surface area contributed by atoms with Crippen molar-refractivity contribution in [2.24, 2.45) is 5.73 Å². The number of carboxylic acid groups (broad SMARTS) is 1. The van der Waals surface area contributed by atoms with E-state index in [4.69, 9.17) is 10.8 Å². The minimum Gasteiger partial charge on any atom is -0.481 e. The Morgan fingerprint density at radius 3 is 2.12 bits per heavy atom. The summed E-state index contributed by atoms with van der Waals surface area (Å²) in [5.74, 6) is -0.758. The molecular weight excluding hydrogens is 672 g/mol. The van der Waals surface area contributed by atoms with Crippen LogP contribution in [0.5, 0.6) is 0 Å². The molecule has 3 aromatic rings. The van der Waals surface area contributed by atoms with Gasteiger partial charge in [0.1, 0.15) is 0 Å². The number of alkyl halides is 2. The van der Waals surface area contributed by atoms with E-state index in [1.165, 1.54) is 20.3 Å². The van der Waals surface area contributed by atoms with Crippen LogP contribution in [0.2, 0.25) is 0 Å². The van der Waals surface area contributed by atoms with Gasteiger partial charge in [-0.15, -0.1) is 0 Å². The second kappa shape index (κ2) is 18.4. The van der Waals surface area contributed by atoms with Crippen LogP contribution in [0, 0.1) is 0 Å². The van der Waals surface area contributed by atoms with Crippen LogP contribution in [0.4, 0.5) is 0 Å². The van der Waals surface area contributed by atoms with Crippen molar-refractivity contribution in [1.82, 2.24) is 20.2 Å². The maximum Gasteiger partial charge on any atom is 0.304 e. The zero-order chi connectivity index (χ0) is 23.6. The molecule has 0 unspecified atom stereocenters. The molecule has 0 saturated heterocycles. The number of hydrogen-bond acceptors (Lipinski definition) is 6.